The molecular weight excluding hydrogens is 266 g/mol. The Hall–Kier alpha value is -2.02. The maximum Gasteiger partial charge on any atom is 0.0462 e. The van der Waals surface area contributed by atoms with Gasteiger partial charge < -0.3 is 4.98 Å². The van der Waals surface area contributed by atoms with Crippen LogP contribution >= 0.6 is 0 Å². The monoisotopic (exact) mass is 291 g/mol. The van der Waals surface area contributed by atoms with Crippen molar-refractivity contribution in [3.05, 3.63) is 59.3 Å². The summed E-state index contributed by atoms with van der Waals surface area (Å²) < 4.78 is 0. The van der Waals surface area contributed by atoms with Gasteiger partial charge in [-0.1, -0.05) is 64.1 Å². The minimum Gasteiger partial charge on any atom is -0.358 e. The molecule has 0 unspecified atom stereocenters. The van der Waals surface area contributed by atoms with Gasteiger partial charge in [0.25, 0.3) is 0 Å². The third-order valence-corrected chi connectivity index (χ3v) is 4.52. The first-order chi connectivity index (χ1) is 10.5. The van der Waals surface area contributed by atoms with Gasteiger partial charge in [-0.3, -0.25) is 0 Å². The van der Waals surface area contributed by atoms with Crippen LogP contribution < -0.4 is 0 Å². The average Bonchev–Trinajstić information content (AvgIpc) is 2.81. The zero-order valence-corrected chi connectivity index (χ0v) is 14.2. The van der Waals surface area contributed by atoms with Crippen LogP contribution in [0, 0.1) is 6.92 Å². The average molecular weight is 291 g/mol. The number of fused-ring (bicyclic) bond motifs is 1. The molecule has 3 aromatic rings. The number of aromatic amines is 1. The van der Waals surface area contributed by atoms with E-state index in [1.807, 2.05) is 0 Å². The molecule has 0 aliphatic carbocycles. The molecule has 1 heteroatoms. The van der Waals surface area contributed by atoms with Crippen LogP contribution in [0.3, 0.4) is 0 Å². The summed E-state index contributed by atoms with van der Waals surface area (Å²) in [6.07, 6.45) is 0. The van der Waals surface area contributed by atoms with E-state index in [-0.39, 0.29) is 0 Å². The van der Waals surface area contributed by atoms with Gasteiger partial charge in [0, 0.05) is 22.2 Å². The van der Waals surface area contributed by atoms with Crippen molar-refractivity contribution in [3.8, 4) is 11.1 Å². The Balaban J connectivity index is 2.41. The Morgan fingerprint density at radius 3 is 1.91 bits per heavy atom. The number of nitrogens with one attached hydrogen (secondary N) is 1. The van der Waals surface area contributed by atoms with Gasteiger partial charge in [0.15, 0.2) is 0 Å². The van der Waals surface area contributed by atoms with E-state index < -0.39 is 0 Å². The summed E-state index contributed by atoms with van der Waals surface area (Å²) in [6, 6.07) is 15.4. The molecule has 0 radical (unpaired) electrons. The number of rotatable bonds is 3. The summed E-state index contributed by atoms with van der Waals surface area (Å²) in [4.78, 5) is 3.56. The molecule has 1 aromatic heterocycles. The van der Waals surface area contributed by atoms with Gasteiger partial charge in [-0.2, -0.15) is 0 Å². The maximum absolute atomic E-state index is 3.56. The predicted octanol–water partition coefficient (Wildman–Crippen LogP) is 6.39. The molecule has 0 bridgehead atoms. The van der Waals surface area contributed by atoms with Crippen LogP contribution in [0.2, 0.25) is 0 Å². The molecule has 0 amide bonds. The summed E-state index contributed by atoms with van der Waals surface area (Å²) in [5.74, 6) is 1.03. The maximum atomic E-state index is 3.56. The van der Waals surface area contributed by atoms with Crippen LogP contribution in [0.15, 0.2) is 42.5 Å². The number of hydrogen-bond donors (Lipinski definition) is 1. The van der Waals surface area contributed by atoms with Crippen LogP contribution in [0.4, 0.5) is 0 Å². The zero-order valence-electron chi connectivity index (χ0n) is 14.2. The minimum absolute atomic E-state index is 0.516. The number of hydrogen-bond acceptors (Lipinski definition) is 0. The second-order valence-electron chi connectivity index (χ2n) is 6.79. The fourth-order valence-corrected chi connectivity index (χ4v) is 3.44. The lowest BCUT2D eigenvalue weighted by molar-refractivity contribution is 0.838. The van der Waals surface area contributed by atoms with Crippen molar-refractivity contribution in [2.45, 2.75) is 46.5 Å². The van der Waals surface area contributed by atoms with E-state index in [1.165, 1.54) is 38.9 Å². The number of aryl methyl sites for hydroxylation is 1. The lowest BCUT2D eigenvalue weighted by Crippen LogP contribution is -2.00. The summed E-state index contributed by atoms with van der Waals surface area (Å²) in [5, 5.41) is 1.33. The predicted molar refractivity (Wildman–Crippen MR) is 96.6 cm³/mol. The van der Waals surface area contributed by atoms with Crippen LogP contribution in [0.25, 0.3) is 22.0 Å². The van der Waals surface area contributed by atoms with E-state index >= 15 is 0 Å². The van der Waals surface area contributed by atoms with Crippen molar-refractivity contribution in [3.63, 3.8) is 0 Å². The van der Waals surface area contributed by atoms with Gasteiger partial charge in [0.2, 0.25) is 0 Å². The van der Waals surface area contributed by atoms with E-state index in [0.717, 1.165) is 0 Å². The molecule has 114 valence electrons. The highest BCUT2D eigenvalue weighted by Crippen LogP contribution is 2.41. The second kappa shape index (κ2) is 5.64. The molecular formula is C21H25N. The summed E-state index contributed by atoms with van der Waals surface area (Å²) in [7, 11) is 0. The van der Waals surface area contributed by atoms with E-state index in [9.17, 15) is 0 Å². The number of aromatic nitrogens is 1. The van der Waals surface area contributed by atoms with Gasteiger partial charge >= 0.3 is 0 Å². The van der Waals surface area contributed by atoms with Crippen molar-refractivity contribution >= 4 is 10.9 Å². The number of benzene rings is 2. The molecule has 0 aliphatic rings. The third-order valence-electron chi connectivity index (χ3n) is 4.52. The van der Waals surface area contributed by atoms with Gasteiger partial charge in [-0.25, -0.2) is 0 Å². The Morgan fingerprint density at radius 1 is 0.727 bits per heavy atom. The van der Waals surface area contributed by atoms with Crippen molar-refractivity contribution in [1.29, 1.82) is 0 Å². The van der Waals surface area contributed by atoms with Crippen molar-refractivity contribution in [1.82, 2.24) is 4.98 Å². The Labute approximate surface area is 133 Å². The van der Waals surface area contributed by atoms with Crippen LogP contribution in [0.1, 0.15) is 56.4 Å². The second-order valence-corrected chi connectivity index (χ2v) is 6.79. The Bertz CT molecular complexity index is 780. The molecule has 0 atom stereocenters. The van der Waals surface area contributed by atoms with E-state index in [2.05, 4.69) is 82.1 Å². The summed E-state index contributed by atoms with van der Waals surface area (Å²) in [6.45, 7) is 11.3. The first kappa shape index (κ1) is 14.9. The summed E-state index contributed by atoms with van der Waals surface area (Å²) in [5.41, 5.74) is 8.18. The zero-order chi connectivity index (χ0) is 15.9. The molecule has 2 aromatic carbocycles. The van der Waals surface area contributed by atoms with Crippen LogP contribution in [0.5, 0.6) is 0 Å². The topological polar surface area (TPSA) is 15.8 Å². The molecule has 3 rings (SSSR count). The smallest absolute Gasteiger partial charge is 0.0462 e. The van der Waals surface area contributed by atoms with Crippen molar-refractivity contribution in [2.75, 3.05) is 0 Å². The molecule has 22 heavy (non-hydrogen) atoms. The van der Waals surface area contributed by atoms with Crippen LogP contribution in [-0.2, 0) is 0 Å². The number of para-hydroxylation sites is 1. The van der Waals surface area contributed by atoms with E-state index in [1.54, 1.807) is 0 Å². The highest BCUT2D eigenvalue weighted by molar-refractivity contribution is 5.99. The molecule has 0 saturated heterocycles. The Kier molecular flexibility index (Phi) is 3.82. The van der Waals surface area contributed by atoms with Gasteiger partial charge in [0.05, 0.1) is 0 Å². The summed E-state index contributed by atoms with van der Waals surface area (Å²) >= 11 is 0. The molecule has 1 N–H and O–H groups in total. The largest absolute Gasteiger partial charge is 0.358 e. The molecule has 0 spiro atoms. The highest BCUT2D eigenvalue weighted by Gasteiger charge is 2.19. The minimum atomic E-state index is 0.516. The van der Waals surface area contributed by atoms with Crippen LogP contribution in [-0.4, -0.2) is 4.98 Å². The quantitative estimate of drug-likeness (QED) is 0.575. The molecule has 0 aliphatic heterocycles. The van der Waals surface area contributed by atoms with E-state index in [4.69, 9.17) is 0 Å². The first-order valence-electron chi connectivity index (χ1n) is 8.21. The normalized spacial score (nSPS) is 11.8. The van der Waals surface area contributed by atoms with Crippen molar-refractivity contribution in [2.24, 2.45) is 0 Å². The SMILES string of the molecule is Cc1[nH]c2ccccc2c1-c1c(C(C)C)cccc1C(C)C. The van der Waals surface area contributed by atoms with E-state index in [0.29, 0.717) is 11.8 Å². The fraction of sp³-hybridized carbons (Fsp3) is 0.333. The lowest BCUT2D eigenvalue weighted by Gasteiger charge is -2.20. The highest BCUT2D eigenvalue weighted by atomic mass is 14.7. The fourth-order valence-electron chi connectivity index (χ4n) is 3.44. The van der Waals surface area contributed by atoms with Crippen molar-refractivity contribution < 1.29 is 0 Å². The molecule has 0 saturated carbocycles. The first-order valence-corrected chi connectivity index (χ1v) is 8.21. The molecule has 1 heterocycles. The van der Waals surface area contributed by atoms with Gasteiger partial charge in [-0.05, 0) is 41.5 Å². The van der Waals surface area contributed by atoms with Gasteiger partial charge in [0.1, 0.15) is 0 Å². The standard InChI is InChI=1S/C21H25N/c1-13(2)16-10-8-11-17(14(3)4)21(16)20-15(5)22-19-12-7-6-9-18(19)20/h6-14,22H,1-5H3. The molecule has 1 nitrogen and oxygen atoms in total. The van der Waals surface area contributed by atoms with Gasteiger partial charge in [-0.15, -0.1) is 0 Å². The third kappa shape index (κ3) is 2.35. The Morgan fingerprint density at radius 2 is 1.32 bits per heavy atom. The molecule has 0 fully saturated rings. The number of H-pyrrole nitrogens is 1. The lowest BCUT2D eigenvalue weighted by atomic mass is 9.84.